The van der Waals surface area contributed by atoms with Crippen molar-refractivity contribution in [2.24, 2.45) is 0 Å². The minimum Gasteiger partial charge on any atom is -0.497 e. The molecule has 41 heavy (non-hydrogen) atoms. The zero-order valence-corrected chi connectivity index (χ0v) is 23.8. The fourth-order valence-corrected chi connectivity index (χ4v) is 5.74. The molecule has 5 aromatic rings. The number of benzene rings is 4. The molecule has 5 rings (SSSR count). The summed E-state index contributed by atoms with van der Waals surface area (Å²) in [6, 6.07) is 34.4. The van der Waals surface area contributed by atoms with Crippen LogP contribution >= 0.6 is 23.1 Å². The zero-order valence-electron chi connectivity index (χ0n) is 22.2. The molecule has 0 saturated heterocycles. The van der Waals surface area contributed by atoms with E-state index in [9.17, 15) is 9.59 Å². The lowest BCUT2D eigenvalue weighted by Gasteiger charge is -2.16. The van der Waals surface area contributed by atoms with E-state index in [0.717, 1.165) is 33.0 Å². The Morgan fingerprint density at radius 3 is 2.34 bits per heavy atom. The second kappa shape index (κ2) is 13.6. The van der Waals surface area contributed by atoms with Gasteiger partial charge in [0.2, 0.25) is 11.8 Å². The fraction of sp³-hybridized carbons (Fsp3) is 0.0606. The molecule has 0 spiro atoms. The quantitative estimate of drug-likeness (QED) is 0.130. The van der Waals surface area contributed by atoms with Crippen LogP contribution in [-0.2, 0) is 9.59 Å². The van der Waals surface area contributed by atoms with E-state index in [2.05, 4.69) is 15.6 Å². The Kier molecular flexibility index (Phi) is 9.26. The van der Waals surface area contributed by atoms with Gasteiger partial charge in [0.15, 0.2) is 5.13 Å². The number of amides is 2. The minimum atomic E-state index is -0.505. The number of anilines is 2. The molecule has 204 valence electrons. The van der Waals surface area contributed by atoms with Crippen LogP contribution in [0.1, 0.15) is 16.4 Å². The number of nitrogens with one attached hydrogen (secondary N) is 2. The fourth-order valence-electron chi connectivity index (χ4n) is 3.99. The normalized spacial score (nSPS) is 11.6. The SMILES string of the molecule is COc1cccc(-c2csc(NC(=O)C(Sc3ccc(NC(=O)/C=C/c4ccccc4)cc3)c3ccccc3)n2)c1. The number of methoxy groups -OCH3 is 1. The zero-order chi connectivity index (χ0) is 28.4. The third kappa shape index (κ3) is 7.72. The van der Waals surface area contributed by atoms with Gasteiger partial charge >= 0.3 is 0 Å². The van der Waals surface area contributed by atoms with Gasteiger partial charge in [0.1, 0.15) is 11.0 Å². The monoisotopic (exact) mass is 577 g/mol. The van der Waals surface area contributed by atoms with Gasteiger partial charge in [0, 0.05) is 27.6 Å². The number of aromatic nitrogens is 1. The highest BCUT2D eigenvalue weighted by atomic mass is 32.2. The predicted octanol–water partition coefficient (Wildman–Crippen LogP) is 7.94. The maximum atomic E-state index is 13.5. The molecule has 0 aliphatic carbocycles. The number of ether oxygens (including phenoxy) is 1. The van der Waals surface area contributed by atoms with Crippen molar-refractivity contribution in [2.75, 3.05) is 17.7 Å². The lowest BCUT2D eigenvalue weighted by Crippen LogP contribution is -2.19. The Hall–Kier alpha value is -4.66. The molecule has 0 aliphatic heterocycles. The van der Waals surface area contributed by atoms with Crippen LogP contribution in [-0.4, -0.2) is 23.9 Å². The third-order valence-corrected chi connectivity index (χ3v) is 8.07. The topological polar surface area (TPSA) is 80.3 Å². The third-order valence-electron chi connectivity index (χ3n) is 6.04. The van der Waals surface area contributed by atoms with Crippen molar-refractivity contribution in [3.05, 3.63) is 132 Å². The summed E-state index contributed by atoms with van der Waals surface area (Å²) in [7, 11) is 1.63. The van der Waals surface area contributed by atoms with E-state index in [0.29, 0.717) is 10.8 Å². The number of hydrogen-bond acceptors (Lipinski definition) is 6. The highest BCUT2D eigenvalue weighted by Crippen LogP contribution is 2.37. The lowest BCUT2D eigenvalue weighted by molar-refractivity contribution is -0.116. The van der Waals surface area contributed by atoms with Gasteiger partial charge in [-0.15, -0.1) is 23.1 Å². The molecule has 0 radical (unpaired) electrons. The molecule has 1 unspecified atom stereocenters. The molecule has 8 heteroatoms. The number of carbonyl (C=O) groups excluding carboxylic acids is 2. The molecule has 0 bridgehead atoms. The molecule has 6 nitrogen and oxygen atoms in total. The summed E-state index contributed by atoms with van der Waals surface area (Å²) >= 11 is 2.81. The molecule has 1 atom stereocenters. The maximum Gasteiger partial charge on any atom is 0.248 e. The molecular weight excluding hydrogens is 551 g/mol. The molecule has 0 aliphatic rings. The average Bonchev–Trinajstić information content (AvgIpc) is 3.49. The lowest BCUT2D eigenvalue weighted by atomic mass is 10.1. The summed E-state index contributed by atoms with van der Waals surface area (Å²) in [6.45, 7) is 0. The van der Waals surface area contributed by atoms with Gasteiger partial charge in [-0.25, -0.2) is 4.98 Å². The van der Waals surface area contributed by atoms with E-state index >= 15 is 0 Å². The van der Waals surface area contributed by atoms with Crippen LogP contribution in [0.3, 0.4) is 0 Å². The Bertz CT molecular complexity index is 1640. The van der Waals surface area contributed by atoms with Gasteiger partial charge in [-0.05, 0) is 53.6 Å². The van der Waals surface area contributed by atoms with E-state index in [1.165, 1.54) is 29.2 Å². The molecule has 0 saturated carbocycles. The first-order valence-electron chi connectivity index (χ1n) is 12.8. The summed E-state index contributed by atoms with van der Waals surface area (Å²) in [6.07, 6.45) is 3.27. The van der Waals surface area contributed by atoms with Crippen molar-refractivity contribution in [1.82, 2.24) is 4.98 Å². The van der Waals surface area contributed by atoms with Crippen molar-refractivity contribution in [1.29, 1.82) is 0 Å². The van der Waals surface area contributed by atoms with Gasteiger partial charge in [-0.2, -0.15) is 0 Å². The number of thioether (sulfide) groups is 1. The Balaban J connectivity index is 1.26. The van der Waals surface area contributed by atoms with E-state index in [1.807, 2.05) is 115 Å². The van der Waals surface area contributed by atoms with Crippen molar-refractivity contribution < 1.29 is 14.3 Å². The first kappa shape index (κ1) is 27.9. The average molecular weight is 578 g/mol. The summed E-state index contributed by atoms with van der Waals surface area (Å²) < 4.78 is 5.32. The highest BCUT2D eigenvalue weighted by molar-refractivity contribution is 8.00. The van der Waals surface area contributed by atoms with Crippen molar-refractivity contribution >= 4 is 51.8 Å². The number of thiazole rings is 1. The molecule has 0 fully saturated rings. The van der Waals surface area contributed by atoms with Crippen LogP contribution < -0.4 is 15.4 Å². The maximum absolute atomic E-state index is 13.5. The molecule has 1 heterocycles. The Labute approximate surface area is 247 Å². The molecule has 2 N–H and O–H groups in total. The summed E-state index contributed by atoms with van der Waals surface area (Å²) in [5.41, 5.74) is 4.18. The van der Waals surface area contributed by atoms with Crippen LogP contribution in [0.25, 0.3) is 17.3 Å². The second-order valence-electron chi connectivity index (χ2n) is 8.93. The van der Waals surface area contributed by atoms with Crippen molar-refractivity contribution in [3.8, 4) is 17.0 Å². The van der Waals surface area contributed by atoms with E-state index < -0.39 is 5.25 Å². The second-order valence-corrected chi connectivity index (χ2v) is 11.0. The number of rotatable bonds is 10. The van der Waals surface area contributed by atoms with Gasteiger partial charge in [-0.3, -0.25) is 9.59 Å². The van der Waals surface area contributed by atoms with Crippen LogP contribution in [0.5, 0.6) is 5.75 Å². The van der Waals surface area contributed by atoms with E-state index in [1.54, 1.807) is 13.2 Å². The first-order valence-corrected chi connectivity index (χ1v) is 14.6. The number of carbonyl (C=O) groups is 2. The summed E-state index contributed by atoms with van der Waals surface area (Å²) in [5, 5.41) is 7.80. The Morgan fingerprint density at radius 2 is 1.61 bits per heavy atom. The minimum absolute atomic E-state index is 0.170. The van der Waals surface area contributed by atoms with Gasteiger partial charge in [0.05, 0.1) is 12.8 Å². The smallest absolute Gasteiger partial charge is 0.248 e. The first-order chi connectivity index (χ1) is 20.1. The largest absolute Gasteiger partial charge is 0.497 e. The summed E-state index contributed by atoms with van der Waals surface area (Å²) in [4.78, 5) is 31.4. The van der Waals surface area contributed by atoms with E-state index in [-0.39, 0.29) is 11.8 Å². The van der Waals surface area contributed by atoms with Crippen LogP contribution in [0.2, 0.25) is 0 Å². The van der Waals surface area contributed by atoms with Crippen LogP contribution in [0, 0.1) is 0 Å². The number of hydrogen-bond donors (Lipinski definition) is 2. The summed E-state index contributed by atoms with van der Waals surface area (Å²) in [5.74, 6) is 0.361. The van der Waals surface area contributed by atoms with E-state index in [4.69, 9.17) is 4.74 Å². The molecular formula is C33H27N3O3S2. The van der Waals surface area contributed by atoms with Crippen molar-refractivity contribution in [3.63, 3.8) is 0 Å². The van der Waals surface area contributed by atoms with Gasteiger partial charge in [-0.1, -0.05) is 72.8 Å². The Morgan fingerprint density at radius 1 is 0.878 bits per heavy atom. The highest BCUT2D eigenvalue weighted by Gasteiger charge is 2.23. The van der Waals surface area contributed by atoms with Gasteiger partial charge < -0.3 is 15.4 Å². The molecule has 2 amide bonds. The van der Waals surface area contributed by atoms with Crippen LogP contribution in [0.15, 0.2) is 126 Å². The van der Waals surface area contributed by atoms with Crippen molar-refractivity contribution in [2.45, 2.75) is 10.1 Å². The molecule has 4 aromatic carbocycles. The predicted molar refractivity (Wildman–Crippen MR) is 168 cm³/mol. The van der Waals surface area contributed by atoms with Crippen LogP contribution in [0.4, 0.5) is 10.8 Å². The van der Waals surface area contributed by atoms with Gasteiger partial charge in [0.25, 0.3) is 0 Å². The molecule has 1 aromatic heterocycles. The number of nitrogens with zero attached hydrogens (tertiary/aromatic N) is 1. The standard InChI is InChI=1S/C33H27N3O3S2/c1-39-27-14-8-13-25(21-27)29-22-40-33(35-29)36-32(38)31(24-11-6-3-7-12-24)41-28-18-16-26(17-19-28)34-30(37)20-15-23-9-4-2-5-10-23/h2-22,31H,1H3,(H,34,37)(H,35,36,38)/b20-15+.